The number of hydrogen-bond donors (Lipinski definition) is 1. The Kier molecular flexibility index (Phi) is 5.93. The molecular weight excluding hydrogens is 274 g/mol. The first-order valence-corrected chi connectivity index (χ1v) is 6.98. The number of nitrogens with one attached hydrogen (secondary N) is 1. The number of halogens is 1. The van der Waals surface area contributed by atoms with Gasteiger partial charge in [-0.05, 0) is 45.4 Å². The molecule has 1 aromatic rings. The zero-order valence-electron chi connectivity index (χ0n) is 11.2. The highest BCUT2D eigenvalue weighted by Crippen LogP contribution is 2.26. The van der Waals surface area contributed by atoms with E-state index in [4.69, 9.17) is 0 Å². The van der Waals surface area contributed by atoms with Crippen LogP contribution >= 0.6 is 15.9 Å². The molecule has 1 unspecified atom stereocenters. The first kappa shape index (κ1) is 14.5. The molecular formula is C15H22BrN. The van der Waals surface area contributed by atoms with Crippen molar-refractivity contribution < 1.29 is 0 Å². The first-order valence-electron chi connectivity index (χ1n) is 6.19. The smallest absolute Gasteiger partial charge is 0.0520 e. The molecule has 1 atom stereocenters. The summed E-state index contributed by atoms with van der Waals surface area (Å²) in [7, 11) is 0. The second kappa shape index (κ2) is 6.97. The van der Waals surface area contributed by atoms with Gasteiger partial charge in [0.25, 0.3) is 0 Å². The SMILES string of the molecule is CCCNC(C=C(C)C)c1cc(C)ccc1Br. The summed E-state index contributed by atoms with van der Waals surface area (Å²) in [5, 5.41) is 3.58. The van der Waals surface area contributed by atoms with Gasteiger partial charge in [0.1, 0.15) is 0 Å². The minimum absolute atomic E-state index is 0.300. The van der Waals surface area contributed by atoms with E-state index in [0.29, 0.717) is 6.04 Å². The van der Waals surface area contributed by atoms with E-state index in [1.54, 1.807) is 0 Å². The van der Waals surface area contributed by atoms with E-state index in [-0.39, 0.29) is 0 Å². The van der Waals surface area contributed by atoms with Crippen LogP contribution in [0.3, 0.4) is 0 Å². The van der Waals surface area contributed by atoms with Gasteiger partial charge in [-0.15, -0.1) is 0 Å². The van der Waals surface area contributed by atoms with Crippen molar-refractivity contribution in [1.29, 1.82) is 0 Å². The van der Waals surface area contributed by atoms with Gasteiger partial charge >= 0.3 is 0 Å². The van der Waals surface area contributed by atoms with Crippen molar-refractivity contribution in [3.63, 3.8) is 0 Å². The molecule has 17 heavy (non-hydrogen) atoms. The van der Waals surface area contributed by atoms with Gasteiger partial charge in [-0.1, -0.05) is 52.2 Å². The third kappa shape index (κ3) is 4.64. The number of hydrogen-bond acceptors (Lipinski definition) is 1. The Morgan fingerprint density at radius 2 is 2.12 bits per heavy atom. The van der Waals surface area contributed by atoms with E-state index < -0.39 is 0 Å². The summed E-state index contributed by atoms with van der Waals surface area (Å²) in [5.41, 5.74) is 3.96. The lowest BCUT2D eigenvalue weighted by Crippen LogP contribution is -2.21. The van der Waals surface area contributed by atoms with Crippen molar-refractivity contribution in [3.05, 3.63) is 45.4 Å². The van der Waals surface area contributed by atoms with Gasteiger partial charge in [0.05, 0.1) is 6.04 Å². The predicted molar refractivity (Wildman–Crippen MR) is 79.3 cm³/mol. The molecule has 1 N–H and O–H groups in total. The molecule has 0 saturated carbocycles. The van der Waals surface area contributed by atoms with E-state index in [1.165, 1.54) is 21.2 Å². The van der Waals surface area contributed by atoms with Crippen molar-refractivity contribution in [2.45, 2.75) is 40.2 Å². The molecule has 0 aliphatic carbocycles. The van der Waals surface area contributed by atoms with Crippen LogP contribution in [-0.4, -0.2) is 6.54 Å². The van der Waals surface area contributed by atoms with Crippen molar-refractivity contribution in [2.24, 2.45) is 0 Å². The monoisotopic (exact) mass is 295 g/mol. The summed E-state index contributed by atoms with van der Waals surface area (Å²) in [6.45, 7) is 9.65. The lowest BCUT2D eigenvalue weighted by atomic mass is 10.0. The highest BCUT2D eigenvalue weighted by atomic mass is 79.9. The Bertz CT molecular complexity index is 392. The molecule has 0 amide bonds. The third-order valence-electron chi connectivity index (χ3n) is 2.60. The zero-order valence-corrected chi connectivity index (χ0v) is 12.8. The Balaban J connectivity index is 3.03. The van der Waals surface area contributed by atoms with Crippen LogP contribution in [0.1, 0.15) is 44.4 Å². The Morgan fingerprint density at radius 1 is 1.41 bits per heavy atom. The standard InChI is InChI=1S/C15H22BrN/c1-5-8-17-15(9-11(2)3)13-10-12(4)6-7-14(13)16/h6-7,9-10,15,17H,5,8H2,1-4H3. The average molecular weight is 296 g/mol. The largest absolute Gasteiger partial charge is 0.307 e. The fourth-order valence-electron chi connectivity index (χ4n) is 1.79. The number of rotatable bonds is 5. The highest BCUT2D eigenvalue weighted by molar-refractivity contribution is 9.10. The van der Waals surface area contributed by atoms with E-state index in [9.17, 15) is 0 Å². The van der Waals surface area contributed by atoms with Crippen LogP contribution in [0.4, 0.5) is 0 Å². The molecule has 0 heterocycles. The molecule has 0 aliphatic heterocycles. The second-order valence-electron chi connectivity index (χ2n) is 4.70. The minimum Gasteiger partial charge on any atom is -0.307 e. The van der Waals surface area contributed by atoms with E-state index in [0.717, 1.165) is 13.0 Å². The van der Waals surface area contributed by atoms with Gasteiger partial charge < -0.3 is 5.32 Å². The van der Waals surface area contributed by atoms with Crippen LogP contribution in [0.25, 0.3) is 0 Å². The van der Waals surface area contributed by atoms with Gasteiger partial charge in [0.15, 0.2) is 0 Å². The van der Waals surface area contributed by atoms with Crippen LogP contribution in [0, 0.1) is 6.92 Å². The summed E-state index contributed by atoms with van der Waals surface area (Å²) in [5.74, 6) is 0. The van der Waals surface area contributed by atoms with E-state index in [1.807, 2.05) is 0 Å². The van der Waals surface area contributed by atoms with Crippen LogP contribution in [0.2, 0.25) is 0 Å². The fraction of sp³-hybridized carbons (Fsp3) is 0.467. The van der Waals surface area contributed by atoms with Gasteiger partial charge in [0, 0.05) is 4.47 Å². The first-order chi connectivity index (χ1) is 8.04. The number of benzene rings is 1. The minimum atomic E-state index is 0.300. The zero-order chi connectivity index (χ0) is 12.8. The quantitative estimate of drug-likeness (QED) is 0.772. The van der Waals surface area contributed by atoms with Crippen LogP contribution in [0.15, 0.2) is 34.3 Å². The molecule has 0 fully saturated rings. The molecule has 1 nitrogen and oxygen atoms in total. The summed E-state index contributed by atoms with van der Waals surface area (Å²) in [4.78, 5) is 0. The molecule has 0 saturated heterocycles. The van der Waals surface area contributed by atoms with Crippen molar-refractivity contribution in [3.8, 4) is 0 Å². The molecule has 1 rings (SSSR count). The van der Waals surface area contributed by atoms with E-state index in [2.05, 4.69) is 73.2 Å². The lowest BCUT2D eigenvalue weighted by Gasteiger charge is -2.18. The highest BCUT2D eigenvalue weighted by Gasteiger charge is 2.11. The molecule has 0 spiro atoms. The fourth-order valence-corrected chi connectivity index (χ4v) is 2.29. The van der Waals surface area contributed by atoms with Gasteiger partial charge in [-0.3, -0.25) is 0 Å². The molecule has 0 aliphatic rings. The van der Waals surface area contributed by atoms with Crippen molar-refractivity contribution >= 4 is 15.9 Å². The summed E-state index contributed by atoms with van der Waals surface area (Å²) in [6.07, 6.45) is 3.44. The Labute approximate surface area is 113 Å². The summed E-state index contributed by atoms with van der Waals surface area (Å²) in [6, 6.07) is 6.81. The van der Waals surface area contributed by atoms with Crippen molar-refractivity contribution in [1.82, 2.24) is 5.32 Å². The predicted octanol–water partition coefficient (Wildman–Crippen LogP) is 4.76. The normalized spacial score (nSPS) is 12.3. The van der Waals surface area contributed by atoms with Gasteiger partial charge in [0.2, 0.25) is 0 Å². The maximum absolute atomic E-state index is 3.64. The van der Waals surface area contributed by atoms with E-state index >= 15 is 0 Å². The maximum atomic E-state index is 3.64. The molecule has 0 radical (unpaired) electrons. The van der Waals surface area contributed by atoms with Gasteiger partial charge in [-0.2, -0.15) is 0 Å². The lowest BCUT2D eigenvalue weighted by molar-refractivity contribution is 0.608. The summed E-state index contributed by atoms with van der Waals surface area (Å²) >= 11 is 3.64. The molecule has 2 heteroatoms. The van der Waals surface area contributed by atoms with Crippen molar-refractivity contribution in [2.75, 3.05) is 6.54 Å². The Morgan fingerprint density at radius 3 is 2.71 bits per heavy atom. The second-order valence-corrected chi connectivity index (χ2v) is 5.56. The summed E-state index contributed by atoms with van der Waals surface area (Å²) < 4.78 is 1.18. The van der Waals surface area contributed by atoms with Crippen LogP contribution in [-0.2, 0) is 0 Å². The maximum Gasteiger partial charge on any atom is 0.0520 e. The number of aryl methyl sites for hydroxylation is 1. The van der Waals surface area contributed by atoms with Crippen LogP contribution < -0.4 is 5.32 Å². The topological polar surface area (TPSA) is 12.0 Å². The molecule has 94 valence electrons. The average Bonchev–Trinajstić information content (AvgIpc) is 2.27. The Hall–Kier alpha value is -0.600. The number of allylic oxidation sites excluding steroid dienone is 1. The third-order valence-corrected chi connectivity index (χ3v) is 3.32. The molecule has 0 bridgehead atoms. The van der Waals surface area contributed by atoms with Gasteiger partial charge in [-0.25, -0.2) is 0 Å². The molecule has 1 aromatic carbocycles. The van der Waals surface area contributed by atoms with Crippen LogP contribution in [0.5, 0.6) is 0 Å². The molecule has 0 aromatic heterocycles.